The molecule has 1 aromatic carbocycles. The van der Waals surface area contributed by atoms with E-state index in [9.17, 15) is 14.3 Å². The van der Waals surface area contributed by atoms with E-state index >= 15 is 0 Å². The molecule has 0 aliphatic carbocycles. The Kier molecular flexibility index (Phi) is 4.68. The van der Waals surface area contributed by atoms with E-state index in [0.717, 1.165) is 12.1 Å². The van der Waals surface area contributed by atoms with E-state index in [1.165, 1.54) is 18.0 Å². The first-order chi connectivity index (χ1) is 8.86. The zero-order valence-electron chi connectivity index (χ0n) is 10.7. The predicted molar refractivity (Wildman–Crippen MR) is 67.6 cm³/mol. The largest absolute Gasteiger partial charge is 0.507 e. The lowest BCUT2D eigenvalue weighted by Crippen LogP contribution is -2.36. The van der Waals surface area contributed by atoms with E-state index in [4.69, 9.17) is 10.9 Å². The summed E-state index contributed by atoms with van der Waals surface area (Å²) in [5, 5.41) is 20.9. The molecule has 0 saturated carbocycles. The lowest BCUT2D eigenvalue weighted by molar-refractivity contribution is 0.0783. The molecule has 1 unspecified atom stereocenters. The number of nitrogens with two attached hydrogens (primary N) is 1. The van der Waals surface area contributed by atoms with Gasteiger partial charge < -0.3 is 20.9 Å². The molecule has 19 heavy (non-hydrogen) atoms. The normalized spacial score (nSPS) is 13.1. The fourth-order valence-corrected chi connectivity index (χ4v) is 1.58. The summed E-state index contributed by atoms with van der Waals surface area (Å²) in [6.45, 7) is 1.88. The van der Waals surface area contributed by atoms with Crippen molar-refractivity contribution in [2.24, 2.45) is 16.8 Å². The molecule has 0 aromatic heterocycles. The minimum atomic E-state index is -0.623. The average Bonchev–Trinajstić information content (AvgIpc) is 2.36. The smallest absolute Gasteiger partial charge is 0.257 e. The number of hydrogen-bond donors (Lipinski definition) is 3. The SMILES string of the molecule is CC(CN(C)C(=O)c1ccc(F)cc1O)/C(N)=N/O. The Morgan fingerprint density at radius 1 is 1.58 bits per heavy atom. The van der Waals surface area contributed by atoms with Crippen molar-refractivity contribution < 1.29 is 19.5 Å². The fraction of sp³-hybridized carbons (Fsp3) is 0.333. The molecule has 0 bridgehead atoms. The van der Waals surface area contributed by atoms with Crippen LogP contribution < -0.4 is 5.73 Å². The second kappa shape index (κ2) is 6.03. The van der Waals surface area contributed by atoms with E-state index < -0.39 is 17.5 Å². The standard InChI is InChI=1S/C12H16FN3O3/c1-7(11(14)15-19)6-16(2)12(18)9-4-3-8(13)5-10(9)17/h3-5,7,17,19H,6H2,1-2H3,(H2,14,15). The molecule has 0 fully saturated rings. The van der Waals surface area contributed by atoms with E-state index in [1.807, 2.05) is 0 Å². The topological polar surface area (TPSA) is 99.2 Å². The van der Waals surface area contributed by atoms with Crippen molar-refractivity contribution >= 4 is 11.7 Å². The van der Waals surface area contributed by atoms with Crippen LogP contribution in [-0.2, 0) is 0 Å². The second-order valence-corrected chi connectivity index (χ2v) is 4.27. The second-order valence-electron chi connectivity index (χ2n) is 4.27. The minimum absolute atomic E-state index is 0.00276. The number of carbonyl (C=O) groups excluding carboxylic acids is 1. The number of amides is 1. The molecule has 0 radical (unpaired) electrons. The van der Waals surface area contributed by atoms with Gasteiger partial charge in [-0.25, -0.2) is 4.39 Å². The summed E-state index contributed by atoms with van der Waals surface area (Å²) in [4.78, 5) is 13.3. The van der Waals surface area contributed by atoms with Gasteiger partial charge in [-0.05, 0) is 12.1 Å². The number of carbonyl (C=O) groups is 1. The van der Waals surface area contributed by atoms with Gasteiger partial charge in [0.15, 0.2) is 0 Å². The van der Waals surface area contributed by atoms with Crippen molar-refractivity contribution in [3.05, 3.63) is 29.6 Å². The molecule has 1 amide bonds. The van der Waals surface area contributed by atoms with Crippen molar-refractivity contribution in [3.8, 4) is 5.75 Å². The van der Waals surface area contributed by atoms with Crippen LogP contribution in [0.1, 0.15) is 17.3 Å². The summed E-state index contributed by atoms with van der Waals surface area (Å²) in [5.41, 5.74) is 5.41. The Morgan fingerprint density at radius 3 is 2.74 bits per heavy atom. The number of rotatable bonds is 4. The average molecular weight is 269 g/mol. The van der Waals surface area contributed by atoms with Crippen LogP contribution >= 0.6 is 0 Å². The van der Waals surface area contributed by atoms with Crippen molar-refractivity contribution in [3.63, 3.8) is 0 Å². The number of nitrogens with zero attached hydrogens (tertiary/aromatic N) is 2. The van der Waals surface area contributed by atoms with E-state index in [0.29, 0.717) is 0 Å². The third-order valence-corrected chi connectivity index (χ3v) is 2.70. The van der Waals surface area contributed by atoms with Gasteiger partial charge in [0.25, 0.3) is 5.91 Å². The molecule has 0 aliphatic heterocycles. The molecule has 0 aliphatic rings. The fourth-order valence-electron chi connectivity index (χ4n) is 1.58. The molecule has 0 heterocycles. The highest BCUT2D eigenvalue weighted by atomic mass is 19.1. The zero-order valence-corrected chi connectivity index (χ0v) is 10.7. The number of phenolic OH excluding ortho intramolecular Hbond substituents is 1. The van der Waals surface area contributed by atoms with Gasteiger partial charge in [0, 0.05) is 25.6 Å². The van der Waals surface area contributed by atoms with Gasteiger partial charge in [-0.3, -0.25) is 4.79 Å². The van der Waals surface area contributed by atoms with Crippen LogP contribution in [0, 0.1) is 11.7 Å². The molecule has 1 atom stereocenters. The maximum Gasteiger partial charge on any atom is 0.257 e. The molecular formula is C12H16FN3O3. The summed E-state index contributed by atoms with van der Waals surface area (Å²) >= 11 is 0. The Labute approximate surface area is 109 Å². The highest BCUT2D eigenvalue weighted by molar-refractivity contribution is 5.97. The summed E-state index contributed by atoms with van der Waals surface area (Å²) in [5.74, 6) is -1.87. The van der Waals surface area contributed by atoms with E-state index in [-0.39, 0.29) is 23.9 Å². The number of phenols is 1. The Balaban J connectivity index is 2.82. The number of aromatic hydroxyl groups is 1. The zero-order chi connectivity index (χ0) is 14.6. The molecule has 0 saturated heterocycles. The summed E-state index contributed by atoms with van der Waals surface area (Å²) in [6, 6.07) is 3.17. The predicted octanol–water partition coefficient (Wildman–Crippen LogP) is 0.986. The summed E-state index contributed by atoms with van der Waals surface area (Å²) in [7, 11) is 1.51. The third-order valence-electron chi connectivity index (χ3n) is 2.70. The van der Waals surface area contributed by atoms with Gasteiger partial charge in [-0.1, -0.05) is 12.1 Å². The quantitative estimate of drug-likeness (QED) is 0.328. The number of benzene rings is 1. The molecule has 1 aromatic rings. The van der Waals surface area contributed by atoms with Crippen molar-refractivity contribution in [1.82, 2.24) is 4.90 Å². The summed E-state index contributed by atoms with van der Waals surface area (Å²) in [6.07, 6.45) is 0. The molecule has 7 heteroatoms. The highest BCUT2D eigenvalue weighted by Crippen LogP contribution is 2.19. The number of halogens is 1. The monoisotopic (exact) mass is 269 g/mol. The number of amidine groups is 1. The van der Waals surface area contributed by atoms with E-state index in [2.05, 4.69) is 5.16 Å². The molecule has 104 valence electrons. The molecule has 0 spiro atoms. The third kappa shape index (κ3) is 3.57. The Hall–Kier alpha value is -2.31. The minimum Gasteiger partial charge on any atom is -0.507 e. The van der Waals surface area contributed by atoms with Gasteiger partial charge >= 0.3 is 0 Å². The number of oxime groups is 1. The van der Waals surface area contributed by atoms with Crippen molar-refractivity contribution in [2.45, 2.75) is 6.92 Å². The van der Waals surface area contributed by atoms with E-state index in [1.54, 1.807) is 6.92 Å². The first kappa shape index (κ1) is 14.7. The van der Waals surface area contributed by atoms with Crippen molar-refractivity contribution in [1.29, 1.82) is 0 Å². The van der Waals surface area contributed by atoms with Gasteiger partial charge in [-0.2, -0.15) is 0 Å². The van der Waals surface area contributed by atoms with Crippen LogP contribution in [0.15, 0.2) is 23.4 Å². The van der Waals surface area contributed by atoms with Crippen LogP contribution in [0.4, 0.5) is 4.39 Å². The van der Waals surface area contributed by atoms with Gasteiger partial charge in [0.05, 0.1) is 5.56 Å². The molecule has 1 rings (SSSR count). The number of hydrogen-bond acceptors (Lipinski definition) is 4. The molecule has 4 N–H and O–H groups in total. The lowest BCUT2D eigenvalue weighted by atomic mass is 10.1. The van der Waals surface area contributed by atoms with Crippen LogP contribution in [0.2, 0.25) is 0 Å². The molecule has 6 nitrogen and oxygen atoms in total. The lowest BCUT2D eigenvalue weighted by Gasteiger charge is -2.21. The van der Waals surface area contributed by atoms with Crippen molar-refractivity contribution in [2.75, 3.05) is 13.6 Å². The first-order valence-electron chi connectivity index (χ1n) is 5.58. The maximum absolute atomic E-state index is 12.8. The Bertz CT molecular complexity index is 505. The van der Waals surface area contributed by atoms with Gasteiger partial charge in [0.2, 0.25) is 0 Å². The van der Waals surface area contributed by atoms with Crippen LogP contribution in [0.5, 0.6) is 5.75 Å². The van der Waals surface area contributed by atoms with Crippen LogP contribution in [-0.4, -0.2) is 40.5 Å². The Morgan fingerprint density at radius 2 is 2.21 bits per heavy atom. The highest BCUT2D eigenvalue weighted by Gasteiger charge is 2.19. The first-order valence-corrected chi connectivity index (χ1v) is 5.58. The van der Waals surface area contributed by atoms with Gasteiger partial charge in [0.1, 0.15) is 17.4 Å². The van der Waals surface area contributed by atoms with Crippen LogP contribution in [0.3, 0.4) is 0 Å². The van der Waals surface area contributed by atoms with Gasteiger partial charge in [-0.15, -0.1) is 0 Å². The maximum atomic E-state index is 12.8. The molecular weight excluding hydrogens is 253 g/mol. The van der Waals surface area contributed by atoms with Crippen LogP contribution in [0.25, 0.3) is 0 Å². The summed E-state index contributed by atoms with van der Waals surface area (Å²) < 4.78 is 12.8.